The summed E-state index contributed by atoms with van der Waals surface area (Å²) in [4.78, 5) is 25.3. The maximum absolute atomic E-state index is 16.0. The zero-order valence-corrected chi connectivity index (χ0v) is 33.7. The second-order valence-electron chi connectivity index (χ2n) is 15.1. The predicted molar refractivity (Wildman–Crippen MR) is 213 cm³/mol. The van der Waals surface area contributed by atoms with Gasteiger partial charge in [0.05, 0.1) is 49.2 Å². The Morgan fingerprint density at radius 2 is 1.05 bits per heavy atom. The lowest BCUT2D eigenvalue weighted by molar-refractivity contribution is -0.258. The summed E-state index contributed by atoms with van der Waals surface area (Å²) in [5.41, 5.74) is -2.99. The Bertz CT molecular complexity index is 2960. The molecule has 61 heavy (non-hydrogen) atoms. The van der Waals surface area contributed by atoms with E-state index in [1.165, 1.54) is 60.3 Å². The molecule has 0 amide bonds. The molecule has 12 nitrogen and oxygen atoms in total. The summed E-state index contributed by atoms with van der Waals surface area (Å²) >= 11 is 2.04. The van der Waals surface area contributed by atoms with Gasteiger partial charge in [0, 0.05) is 56.0 Å². The van der Waals surface area contributed by atoms with Crippen LogP contribution in [0.15, 0.2) is 114 Å². The molecule has 2 aliphatic heterocycles. The largest absolute Gasteiger partial charge is 0.497 e. The monoisotopic (exact) mass is 878 g/mol. The van der Waals surface area contributed by atoms with E-state index in [1.54, 1.807) is 50.2 Å². The lowest BCUT2D eigenvalue weighted by Gasteiger charge is -2.47. The van der Waals surface area contributed by atoms with Crippen molar-refractivity contribution in [2.75, 3.05) is 14.2 Å². The molecule has 0 bridgehead atoms. The van der Waals surface area contributed by atoms with Crippen LogP contribution in [0.2, 0.25) is 0 Å². The molecule has 0 unspecified atom stereocenters. The Labute approximate surface area is 347 Å². The van der Waals surface area contributed by atoms with E-state index >= 15 is 26.3 Å². The first-order valence-electron chi connectivity index (χ1n) is 18.4. The summed E-state index contributed by atoms with van der Waals surface area (Å²) in [5, 5.41) is 18.0. The zero-order valence-electron chi connectivity index (χ0n) is 32.1. The first-order valence-corrected chi connectivity index (χ1v) is 20.0. The Morgan fingerprint density at radius 3 is 1.44 bits per heavy atom. The summed E-state index contributed by atoms with van der Waals surface area (Å²) in [5.74, 6) is -15.3. The first kappa shape index (κ1) is 39.1. The van der Waals surface area contributed by atoms with E-state index in [4.69, 9.17) is 18.3 Å². The second-order valence-corrected chi connectivity index (χ2v) is 18.0. The van der Waals surface area contributed by atoms with Gasteiger partial charge in [0.15, 0.2) is 0 Å². The fourth-order valence-corrected chi connectivity index (χ4v) is 11.5. The number of hydrogen-bond donors (Lipinski definition) is 0. The van der Waals surface area contributed by atoms with Gasteiger partial charge in [-0.05, 0) is 72.5 Å². The predicted octanol–water partition coefficient (Wildman–Crippen LogP) is 8.12. The molecule has 0 spiro atoms. The van der Waals surface area contributed by atoms with E-state index in [9.17, 15) is 9.59 Å². The molecule has 0 saturated heterocycles. The number of nitrogens with zero attached hydrogens (tertiary/aromatic N) is 6. The van der Waals surface area contributed by atoms with Crippen molar-refractivity contribution in [3.05, 3.63) is 139 Å². The van der Waals surface area contributed by atoms with Gasteiger partial charge in [-0.2, -0.15) is 26.3 Å². The van der Waals surface area contributed by atoms with Crippen LogP contribution in [0.5, 0.6) is 11.5 Å². The quantitative estimate of drug-likeness (QED) is 0.108. The minimum Gasteiger partial charge on any atom is -0.497 e. The Morgan fingerprint density at radius 1 is 0.639 bits per heavy atom. The van der Waals surface area contributed by atoms with Gasteiger partial charge < -0.3 is 18.3 Å². The number of ether oxygens (including phenoxy) is 2. The highest BCUT2D eigenvalue weighted by Crippen LogP contribution is 2.75. The second kappa shape index (κ2) is 13.0. The van der Waals surface area contributed by atoms with Crippen molar-refractivity contribution in [2.45, 2.75) is 54.2 Å². The minimum atomic E-state index is -5.75. The van der Waals surface area contributed by atoms with E-state index in [2.05, 4.69) is 20.6 Å². The summed E-state index contributed by atoms with van der Waals surface area (Å²) in [6, 6.07) is 12.5. The number of halogens is 6. The standard InChI is InChI=1S/C41H28F6N6O6S2/c1-37-25(13-31(60-37)27-17-52(50-48-27)15-19-9-33(54)58-29-11-21(56-3)5-7-23(19)29)35-36(40(44,45)41(46,47)39(35,42)43)26-14-32(61-38(26,37)2)28-18-53(51-49-28)16-20-10-34(55)59-30-12-22(57-4)6-8-24(20)30/h5-14,17-18H,15-16H2,1-4H3/t37-,38-/m1/s1. The third-order valence-electron chi connectivity index (χ3n) is 11.6. The van der Waals surface area contributed by atoms with Crippen LogP contribution >= 0.6 is 23.5 Å². The lowest BCUT2D eigenvalue weighted by Crippen LogP contribution is -2.48. The van der Waals surface area contributed by atoms with Crippen molar-refractivity contribution < 1.29 is 44.7 Å². The molecule has 20 heteroatoms. The molecule has 6 heterocycles. The van der Waals surface area contributed by atoms with Crippen LogP contribution in [0, 0.1) is 0 Å². The fourth-order valence-electron chi connectivity index (χ4n) is 8.42. The van der Waals surface area contributed by atoms with Crippen LogP contribution in [-0.4, -0.2) is 71.5 Å². The van der Waals surface area contributed by atoms with Crippen LogP contribution in [0.4, 0.5) is 26.3 Å². The third-order valence-corrected chi connectivity index (χ3v) is 14.9. The van der Waals surface area contributed by atoms with Gasteiger partial charge in [0.25, 0.3) is 0 Å². The van der Waals surface area contributed by atoms with Crippen LogP contribution in [-0.2, 0) is 13.1 Å². The summed E-state index contributed by atoms with van der Waals surface area (Å²) in [6.07, 6.45) is 5.41. The van der Waals surface area contributed by atoms with E-state index in [0.29, 0.717) is 33.4 Å². The zero-order chi connectivity index (χ0) is 43.0. The average Bonchev–Trinajstić information content (AvgIpc) is 4.03. The van der Waals surface area contributed by atoms with Crippen molar-refractivity contribution >= 4 is 55.3 Å². The van der Waals surface area contributed by atoms with Crippen molar-refractivity contribution in [2.24, 2.45) is 0 Å². The molecule has 4 aromatic heterocycles. The highest BCUT2D eigenvalue weighted by molar-refractivity contribution is 8.14. The number of allylic oxidation sites excluding steroid dienone is 4. The average molecular weight is 879 g/mol. The molecule has 2 aliphatic carbocycles. The van der Waals surface area contributed by atoms with Crippen LogP contribution in [0.1, 0.15) is 36.4 Å². The first-order chi connectivity index (χ1) is 28.9. The fraction of sp³-hybridized carbons (Fsp3) is 0.268. The molecule has 1 fully saturated rings. The number of benzene rings is 2. The van der Waals surface area contributed by atoms with Crippen molar-refractivity contribution in [3.8, 4) is 11.5 Å². The van der Waals surface area contributed by atoms with Gasteiger partial charge in [-0.1, -0.05) is 10.4 Å². The minimum absolute atomic E-state index is 0.0289. The highest BCUT2D eigenvalue weighted by Gasteiger charge is 2.84. The third kappa shape index (κ3) is 5.49. The molecule has 0 N–H and O–H groups in total. The molecule has 6 aromatic rings. The molecule has 312 valence electrons. The highest BCUT2D eigenvalue weighted by atomic mass is 32.2. The lowest BCUT2D eigenvalue weighted by atomic mass is 9.71. The van der Waals surface area contributed by atoms with E-state index < -0.39 is 49.7 Å². The molecule has 0 radical (unpaired) electrons. The Balaban J connectivity index is 1.02. The molecule has 10 rings (SSSR count). The summed E-state index contributed by atoms with van der Waals surface area (Å²) < 4.78 is 116. The van der Waals surface area contributed by atoms with Gasteiger partial charge >= 0.3 is 29.0 Å². The summed E-state index contributed by atoms with van der Waals surface area (Å²) in [6.45, 7) is 3.17. The SMILES string of the molecule is COc1ccc2c(Cn3cc(C4=CC5=C6C(=C7C=C(c8cn(Cc9cc(=O)oc%10cc(OC)ccc9%10)nn8)S[C@@]7(C)[C@]5(C)S4)C(F)(F)C(F)(F)C6(F)F)nn3)cc(=O)oc2c1. The maximum Gasteiger partial charge on any atom is 0.380 e. The number of fused-ring (bicyclic) bond motifs is 6. The Hall–Kier alpha value is -6.02. The number of rotatable bonds is 8. The Kier molecular flexibility index (Phi) is 8.34. The number of aromatic nitrogens is 6. The van der Waals surface area contributed by atoms with Crippen LogP contribution in [0.25, 0.3) is 31.7 Å². The van der Waals surface area contributed by atoms with Crippen molar-refractivity contribution in [1.82, 2.24) is 30.0 Å². The topological polar surface area (TPSA) is 140 Å². The number of hydrogen-bond acceptors (Lipinski definition) is 12. The smallest absolute Gasteiger partial charge is 0.380 e. The van der Waals surface area contributed by atoms with Crippen molar-refractivity contribution in [1.29, 1.82) is 0 Å². The molecule has 2 aromatic carbocycles. The maximum atomic E-state index is 16.0. The van der Waals surface area contributed by atoms with Gasteiger partial charge in [0.2, 0.25) is 0 Å². The molecule has 4 aliphatic rings. The van der Waals surface area contributed by atoms with Gasteiger partial charge in [-0.25, -0.2) is 19.0 Å². The molecular weight excluding hydrogens is 851 g/mol. The van der Waals surface area contributed by atoms with E-state index in [0.717, 1.165) is 23.5 Å². The van der Waals surface area contributed by atoms with Crippen molar-refractivity contribution in [3.63, 3.8) is 0 Å². The van der Waals surface area contributed by atoms with Gasteiger partial charge in [0.1, 0.15) is 34.1 Å². The number of thioether (sulfide) groups is 2. The molecular formula is C41H28F6N6O6S2. The molecule has 2 atom stereocenters. The van der Waals surface area contributed by atoms with Crippen LogP contribution in [0.3, 0.4) is 0 Å². The summed E-state index contributed by atoms with van der Waals surface area (Å²) in [7, 11) is 2.94. The van der Waals surface area contributed by atoms with E-state index in [1.807, 2.05) is 0 Å². The van der Waals surface area contributed by atoms with Crippen LogP contribution < -0.4 is 20.7 Å². The molecule has 1 saturated carbocycles. The number of methoxy groups -OCH3 is 2. The number of alkyl halides is 6. The van der Waals surface area contributed by atoms with E-state index in [-0.39, 0.29) is 56.6 Å². The van der Waals surface area contributed by atoms with Gasteiger partial charge in [-0.3, -0.25) is 0 Å². The van der Waals surface area contributed by atoms with Gasteiger partial charge in [-0.15, -0.1) is 33.7 Å². The normalized spacial score (nSPS) is 23.3.